The Hall–Kier alpha value is -0.330. The minimum atomic E-state index is 0.00463. The Balaban J connectivity index is 2.66. The molecular formula is C12H22O. The molecule has 1 fully saturated rings. The summed E-state index contributed by atoms with van der Waals surface area (Å²) in [6.45, 7) is 6.22. The average molecular weight is 182 g/mol. The zero-order chi connectivity index (χ0) is 9.90. The monoisotopic (exact) mass is 182 g/mol. The van der Waals surface area contributed by atoms with Gasteiger partial charge in [-0.2, -0.15) is 0 Å². The van der Waals surface area contributed by atoms with Crippen molar-refractivity contribution in [2.24, 2.45) is 11.3 Å². The van der Waals surface area contributed by atoms with Gasteiger partial charge in [-0.25, -0.2) is 0 Å². The van der Waals surface area contributed by atoms with Gasteiger partial charge < -0.3 is 0 Å². The lowest BCUT2D eigenvalue weighted by molar-refractivity contribution is -0.131. The van der Waals surface area contributed by atoms with Crippen LogP contribution in [-0.2, 0) is 4.79 Å². The second-order valence-corrected chi connectivity index (χ2v) is 4.99. The summed E-state index contributed by atoms with van der Waals surface area (Å²) in [7, 11) is 0. The standard InChI is InChI=1S/C12H22O/c1-10(2)11(13)12(3)8-6-4-5-7-9-12/h10H,4-9H2,1-3H3. The number of rotatable bonds is 2. The summed E-state index contributed by atoms with van der Waals surface area (Å²) in [6.07, 6.45) is 7.36. The van der Waals surface area contributed by atoms with Crippen molar-refractivity contribution in [1.29, 1.82) is 0 Å². The van der Waals surface area contributed by atoms with Gasteiger partial charge in [-0.15, -0.1) is 0 Å². The van der Waals surface area contributed by atoms with E-state index in [1.807, 2.05) is 13.8 Å². The Morgan fingerprint density at radius 1 is 1.08 bits per heavy atom. The van der Waals surface area contributed by atoms with E-state index in [0.717, 1.165) is 12.8 Å². The van der Waals surface area contributed by atoms with E-state index in [-0.39, 0.29) is 11.3 Å². The molecule has 1 aliphatic carbocycles. The smallest absolute Gasteiger partial charge is 0.141 e. The van der Waals surface area contributed by atoms with Crippen LogP contribution in [0.25, 0.3) is 0 Å². The number of carbonyl (C=O) groups excluding carboxylic acids is 1. The van der Waals surface area contributed by atoms with Crippen LogP contribution >= 0.6 is 0 Å². The summed E-state index contributed by atoms with van der Waals surface area (Å²) >= 11 is 0. The Bertz CT molecular complexity index is 174. The molecule has 0 bridgehead atoms. The van der Waals surface area contributed by atoms with E-state index in [4.69, 9.17) is 0 Å². The normalized spacial score (nSPS) is 22.8. The van der Waals surface area contributed by atoms with Crippen LogP contribution in [-0.4, -0.2) is 5.78 Å². The molecule has 0 atom stereocenters. The first-order valence-electron chi connectivity index (χ1n) is 5.60. The molecule has 1 saturated carbocycles. The summed E-state index contributed by atoms with van der Waals surface area (Å²) in [6, 6.07) is 0. The van der Waals surface area contributed by atoms with Crippen LogP contribution in [0, 0.1) is 11.3 Å². The van der Waals surface area contributed by atoms with Gasteiger partial charge in [0.05, 0.1) is 0 Å². The molecule has 0 aromatic carbocycles. The molecule has 0 amide bonds. The van der Waals surface area contributed by atoms with E-state index in [2.05, 4.69) is 6.92 Å². The van der Waals surface area contributed by atoms with Crippen LogP contribution in [0.5, 0.6) is 0 Å². The molecule has 0 aromatic heterocycles. The lowest BCUT2D eigenvalue weighted by Crippen LogP contribution is -2.30. The van der Waals surface area contributed by atoms with Crippen molar-refractivity contribution >= 4 is 5.78 Å². The molecule has 1 nitrogen and oxygen atoms in total. The lowest BCUT2D eigenvalue weighted by atomic mass is 9.75. The van der Waals surface area contributed by atoms with Crippen molar-refractivity contribution in [3.63, 3.8) is 0 Å². The fourth-order valence-electron chi connectivity index (χ4n) is 2.45. The SMILES string of the molecule is CC(C)C(=O)C1(C)CCCCCC1. The fraction of sp³-hybridized carbons (Fsp3) is 0.917. The predicted octanol–water partition coefficient (Wildman–Crippen LogP) is 3.57. The van der Waals surface area contributed by atoms with Gasteiger partial charge >= 0.3 is 0 Å². The second kappa shape index (κ2) is 4.26. The molecule has 0 spiro atoms. The number of carbonyl (C=O) groups is 1. The van der Waals surface area contributed by atoms with Crippen molar-refractivity contribution in [3.05, 3.63) is 0 Å². The van der Waals surface area contributed by atoms with Crippen LogP contribution in [0.3, 0.4) is 0 Å². The molecular weight excluding hydrogens is 160 g/mol. The van der Waals surface area contributed by atoms with E-state index in [0.29, 0.717) is 5.78 Å². The third-order valence-electron chi connectivity index (χ3n) is 3.33. The molecule has 0 radical (unpaired) electrons. The van der Waals surface area contributed by atoms with Crippen molar-refractivity contribution in [2.45, 2.75) is 59.3 Å². The van der Waals surface area contributed by atoms with E-state index in [1.54, 1.807) is 0 Å². The maximum Gasteiger partial charge on any atom is 0.141 e. The van der Waals surface area contributed by atoms with Gasteiger partial charge in [0.25, 0.3) is 0 Å². The summed E-state index contributed by atoms with van der Waals surface area (Å²) in [5, 5.41) is 0. The third-order valence-corrected chi connectivity index (χ3v) is 3.33. The van der Waals surface area contributed by atoms with Gasteiger partial charge in [-0.1, -0.05) is 46.5 Å². The molecule has 0 aliphatic heterocycles. The summed E-state index contributed by atoms with van der Waals surface area (Å²) < 4.78 is 0. The number of ketones is 1. The van der Waals surface area contributed by atoms with Gasteiger partial charge in [0.15, 0.2) is 0 Å². The van der Waals surface area contributed by atoms with Gasteiger partial charge in [-0.3, -0.25) is 4.79 Å². The molecule has 1 rings (SSSR count). The molecule has 1 heteroatoms. The average Bonchev–Trinajstić information content (AvgIpc) is 2.29. The molecule has 1 aliphatic rings. The summed E-state index contributed by atoms with van der Waals surface area (Å²) in [5.41, 5.74) is 0.00463. The minimum absolute atomic E-state index is 0.00463. The largest absolute Gasteiger partial charge is 0.299 e. The van der Waals surface area contributed by atoms with Crippen LogP contribution in [0.1, 0.15) is 59.3 Å². The number of Topliss-reactive ketones (excluding diaryl/α,β-unsaturated/α-hetero) is 1. The van der Waals surface area contributed by atoms with Crippen LogP contribution in [0.15, 0.2) is 0 Å². The highest BCUT2D eigenvalue weighted by Crippen LogP contribution is 2.37. The van der Waals surface area contributed by atoms with Crippen LogP contribution in [0.4, 0.5) is 0 Å². The van der Waals surface area contributed by atoms with Crippen LogP contribution in [0.2, 0.25) is 0 Å². The third kappa shape index (κ3) is 2.55. The lowest BCUT2D eigenvalue weighted by Gasteiger charge is -2.28. The first kappa shape index (κ1) is 10.7. The quantitative estimate of drug-likeness (QED) is 0.597. The fourth-order valence-corrected chi connectivity index (χ4v) is 2.45. The van der Waals surface area contributed by atoms with E-state index in [9.17, 15) is 4.79 Å². The second-order valence-electron chi connectivity index (χ2n) is 4.99. The Morgan fingerprint density at radius 2 is 1.54 bits per heavy atom. The first-order chi connectivity index (χ1) is 6.06. The number of hydrogen-bond acceptors (Lipinski definition) is 1. The van der Waals surface area contributed by atoms with Crippen molar-refractivity contribution in [1.82, 2.24) is 0 Å². The zero-order valence-electron chi connectivity index (χ0n) is 9.23. The number of hydrogen-bond donors (Lipinski definition) is 0. The van der Waals surface area contributed by atoms with Gasteiger partial charge in [0, 0.05) is 11.3 Å². The molecule has 0 N–H and O–H groups in total. The first-order valence-corrected chi connectivity index (χ1v) is 5.60. The van der Waals surface area contributed by atoms with Gasteiger partial charge in [0.2, 0.25) is 0 Å². The maximum absolute atomic E-state index is 12.0. The summed E-state index contributed by atoms with van der Waals surface area (Å²) in [5.74, 6) is 0.692. The maximum atomic E-state index is 12.0. The minimum Gasteiger partial charge on any atom is -0.299 e. The Kier molecular flexibility index (Phi) is 3.52. The van der Waals surface area contributed by atoms with Crippen molar-refractivity contribution < 1.29 is 4.79 Å². The topological polar surface area (TPSA) is 17.1 Å². The molecule has 0 aromatic rings. The Morgan fingerprint density at radius 3 is 1.92 bits per heavy atom. The van der Waals surface area contributed by atoms with Crippen molar-refractivity contribution in [2.75, 3.05) is 0 Å². The Labute approximate surface area is 81.9 Å². The van der Waals surface area contributed by atoms with E-state index < -0.39 is 0 Å². The summed E-state index contributed by atoms with van der Waals surface area (Å²) in [4.78, 5) is 12.0. The molecule has 13 heavy (non-hydrogen) atoms. The zero-order valence-corrected chi connectivity index (χ0v) is 9.23. The molecule has 0 heterocycles. The highest BCUT2D eigenvalue weighted by molar-refractivity contribution is 5.86. The van der Waals surface area contributed by atoms with Gasteiger partial charge in [-0.05, 0) is 12.8 Å². The van der Waals surface area contributed by atoms with E-state index >= 15 is 0 Å². The van der Waals surface area contributed by atoms with Crippen LogP contribution < -0.4 is 0 Å². The van der Waals surface area contributed by atoms with Crippen molar-refractivity contribution in [3.8, 4) is 0 Å². The highest BCUT2D eigenvalue weighted by atomic mass is 16.1. The van der Waals surface area contributed by atoms with E-state index in [1.165, 1.54) is 25.7 Å². The van der Waals surface area contributed by atoms with Gasteiger partial charge in [0.1, 0.15) is 5.78 Å². The highest BCUT2D eigenvalue weighted by Gasteiger charge is 2.34. The predicted molar refractivity (Wildman–Crippen MR) is 55.7 cm³/mol. The molecule has 76 valence electrons. The molecule has 0 saturated heterocycles. The molecule has 0 unspecified atom stereocenters.